The fraction of sp³-hybridized carbons (Fsp3) is 0.586. The number of likely N-dealkylation sites (tertiary alicyclic amines) is 1. The highest BCUT2D eigenvalue weighted by molar-refractivity contribution is 6.02. The number of hydrogen-bond donors (Lipinski definition) is 2. The van der Waals surface area contributed by atoms with E-state index >= 15 is 0 Å². The number of anilines is 4. The van der Waals surface area contributed by atoms with Crippen molar-refractivity contribution in [2.45, 2.75) is 76.8 Å². The van der Waals surface area contributed by atoms with Gasteiger partial charge in [0.1, 0.15) is 5.69 Å². The molecule has 40 heavy (non-hydrogen) atoms. The van der Waals surface area contributed by atoms with Crippen LogP contribution < -0.4 is 20.4 Å². The van der Waals surface area contributed by atoms with E-state index in [0.717, 1.165) is 74.3 Å². The summed E-state index contributed by atoms with van der Waals surface area (Å²) in [6.07, 6.45) is 7.47. The zero-order valence-corrected chi connectivity index (χ0v) is 23.6. The molecule has 2 N–H and O–H groups in total. The maximum Gasteiger partial charge on any atom is 0.342 e. The Morgan fingerprint density at radius 1 is 1.12 bits per heavy atom. The number of carbonyl (C=O) groups excluding carboxylic acids is 2. The van der Waals surface area contributed by atoms with Gasteiger partial charge < -0.3 is 25.3 Å². The molecule has 1 aliphatic carbocycles. The first-order chi connectivity index (χ1) is 19.2. The molecular formula is C29H39F2N7O2. The smallest absolute Gasteiger partial charge is 0.342 e. The third-order valence-electron chi connectivity index (χ3n) is 8.50. The summed E-state index contributed by atoms with van der Waals surface area (Å²) >= 11 is 0. The van der Waals surface area contributed by atoms with Crippen molar-refractivity contribution in [3.05, 3.63) is 35.5 Å². The number of amides is 2. The third kappa shape index (κ3) is 5.75. The average Bonchev–Trinajstić information content (AvgIpc) is 3.48. The number of alkyl halides is 2. The largest absolute Gasteiger partial charge is 0.349 e. The molecule has 0 spiro atoms. The number of rotatable bonds is 7. The van der Waals surface area contributed by atoms with Crippen LogP contribution in [0.5, 0.6) is 0 Å². The number of nitrogens with one attached hydrogen (secondary N) is 2. The van der Waals surface area contributed by atoms with Gasteiger partial charge in [-0.1, -0.05) is 26.7 Å². The van der Waals surface area contributed by atoms with Gasteiger partial charge in [0.25, 0.3) is 11.8 Å². The lowest BCUT2D eigenvalue weighted by Gasteiger charge is -2.31. The number of aryl methyl sites for hydroxylation is 1. The maximum atomic E-state index is 14.9. The van der Waals surface area contributed by atoms with E-state index in [4.69, 9.17) is 0 Å². The van der Waals surface area contributed by atoms with Crippen LogP contribution in [0.4, 0.5) is 31.9 Å². The summed E-state index contributed by atoms with van der Waals surface area (Å²) in [5.41, 5.74) is 2.52. The molecule has 2 amide bonds. The van der Waals surface area contributed by atoms with Crippen LogP contribution in [0.25, 0.3) is 0 Å². The third-order valence-corrected chi connectivity index (χ3v) is 8.50. The van der Waals surface area contributed by atoms with Crippen molar-refractivity contribution in [2.24, 2.45) is 0 Å². The molecule has 3 heterocycles. The molecule has 1 aromatic heterocycles. The molecule has 11 heteroatoms. The Bertz CT molecular complexity index is 1240. The van der Waals surface area contributed by atoms with Gasteiger partial charge in [-0.25, -0.2) is 4.98 Å². The van der Waals surface area contributed by atoms with E-state index in [1.54, 1.807) is 11.0 Å². The van der Waals surface area contributed by atoms with Gasteiger partial charge in [0, 0.05) is 43.5 Å². The Labute approximate surface area is 234 Å². The SMILES string of the molecule is CCc1cc(C(=O)NC2CCN(CC)CC2)ccc1Nc1ncc2c(n1)N(C1CCCC1)CC(F)(F)C(=O)N2C. The molecule has 3 aliphatic rings. The van der Waals surface area contributed by atoms with Crippen molar-refractivity contribution in [3.63, 3.8) is 0 Å². The fourth-order valence-electron chi connectivity index (χ4n) is 6.04. The summed E-state index contributed by atoms with van der Waals surface area (Å²) in [5, 5.41) is 6.41. The van der Waals surface area contributed by atoms with Crippen molar-refractivity contribution >= 4 is 35.0 Å². The van der Waals surface area contributed by atoms with Crippen molar-refractivity contribution in [3.8, 4) is 0 Å². The minimum atomic E-state index is -3.52. The molecule has 216 valence electrons. The Hall–Kier alpha value is -3.34. The van der Waals surface area contributed by atoms with Crippen LogP contribution in [0.2, 0.25) is 0 Å². The molecule has 5 rings (SSSR count). The predicted molar refractivity (Wildman–Crippen MR) is 152 cm³/mol. The molecule has 1 saturated heterocycles. The van der Waals surface area contributed by atoms with Gasteiger partial charge >= 0.3 is 5.92 Å². The molecule has 0 unspecified atom stereocenters. The zero-order valence-electron chi connectivity index (χ0n) is 23.6. The summed E-state index contributed by atoms with van der Waals surface area (Å²) in [4.78, 5) is 39.5. The van der Waals surface area contributed by atoms with Crippen LogP contribution in [-0.2, 0) is 11.2 Å². The normalized spacial score (nSPS) is 20.4. The zero-order chi connectivity index (χ0) is 28.4. The Morgan fingerprint density at radius 3 is 2.52 bits per heavy atom. The maximum absolute atomic E-state index is 14.9. The van der Waals surface area contributed by atoms with Crippen LogP contribution in [0.15, 0.2) is 24.4 Å². The lowest BCUT2D eigenvalue weighted by atomic mass is 10.0. The van der Waals surface area contributed by atoms with Crippen LogP contribution in [0.1, 0.15) is 68.3 Å². The van der Waals surface area contributed by atoms with E-state index in [9.17, 15) is 18.4 Å². The number of aromatic nitrogens is 2. The highest BCUT2D eigenvalue weighted by Crippen LogP contribution is 2.39. The minimum Gasteiger partial charge on any atom is -0.349 e. The topological polar surface area (TPSA) is 93.7 Å². The highest BCUT2D eigenvalue weighted by Gasteiger charge is 2.48. The summed E-state index contributed by atoms with van der Waals surface area (Å²) < 4.78 is 29.8. The van der Waals surface area contributed by atoms with Gasteiger partial charge in [0.05, 0.1) is 12.7 Å². The second-order valence-electron chi connectivity index (χ2n) is 11.1. The number of fused-ring (bicyclic) bond motifs is 1. The molecule has 0 radical (unpaired) electrons. The quantitative estimate of drug-likeness (QED) is 0.525. The molecular weight excluding hydrogens is 516 g/mol. The average molecular weight is 556 g/mol. The summed E-state index contributed by atoms with van der Waals surface area (Å²) in [6.45, 7) is 6.47. The molecule has 0 atom stereocenters. The molecule has 2 aromatic rings. The first-order valence-corrected chi connectivity index (χ1v) is 14.4. The summed E-state index contributed by atoms with van der Waals surface area (Å²) in [5.74, 6) is -4.28. The minimum absolute atomic E-state index is 0.0849. The molecule has 2 aliphatic heterocycles. The fourth-order valence-corrected chi connectivity index (χ4v) is 6.04. The Kier molecular flexibility index (Phi) is 8.21. The van der Waals surface area contributed by atoms with Crippen molar-refractivity contribution in [1.29, 1.82) is 0 Å². The van der Waals surface area contributed by atoms with Gasteiger partial charge in [0.15, 0.2) is 5.82 Å². The molecule has 0 bridgehead atoms. The van der Waals surface area contributed by atoms with E-state index < -0.39 is 18.4 Å². The van der Waals surface area contributed by atoms with Crippen molar-refractivity contribution < 1.29 is 18.4 Å². The standard InChI is InChI=1S/C29H39F2N7O2/c1-4-19-16-20(26(39)33-21-12-14-37(5-2)15-13-21)10-11-23(19)34-28-32-17-24-25(35-28)38(22-8-6-7-9-22)18-29(30,31)27(40)36(24)3/h10-11,16-17,21-22H,4-9,12-15,18H2,1-3H3,(H,33,39)(H,32,34,35). The van der Waals surface area contributed by atoms with Gasteiger partial charge in [-0.05, 0) is 62.4 Å². The van der Waals surface area contributed by atoms with E-state index in [1.165, 1.54) is 13.2 Å². The van der Waals surface area contributed by atoms with E-state index in [-0.39, 0.29) is 29.6 Å². The molecule has 1 aromatic carbocycles. The van der Waals surface area contributed by atoms with E-state index in [2.05, 4.69) is 32.4 Å². The van der Waals surface area contributed by atoms with Crippen LogP contribution in [-0.4, -0.2) is 77.9 Å². The van der Waals surface area contributed by atoms with Gasteiger partial charge in [-0.2, -0.15) is 13.8 Å². The number of benzene rings is 1. The predicted octanol–water partition coefficient (Wildman–Crippen LogP) is 4.36. The molecule has 1 saturated carbocycles. The van der Waals surface area contributed by atoms with E-state index in [0.29, 0.717) is 17.8 Å². The Morgan fingerprint density at radius 2 is 1.85 bits per heavy atom. The molecule has 2 fully saturated rings. The van der Waals surface area contributed by atoms with Crippen molar-refractivity contribution in [1.82, 2.24) is 20.2 Å². The molecule has 9 nitrogen and oxygen atoms in total. The summed E-state index contributed by atoms with van der Waals surface area (Å²) in [6, 6.07) is 5.55. The first-order valence-electron chi connectivity index (χ1n) is 14.4. The van der Waals surface area contributed by atoms with Crippen LogP contribution >= 0.6 is 0 Å². The number of nitrogens with zero attached hydrogens (tertiary/aromatic N) is 5. The monoisotopic (exact) mass is 555 g/mol. The second-order valence-corrected chi connectivity index (χ2v) is 11.1. The van der Waals surface area contributed by atoms with Crippen LogP contribution in [0.3, 0.4) is 0 Å². The number of hydrogen-bond acceptors (Lipinski definition) is 7. The number of piperidine rings is 1. The van der Waals surface area contributed by atoms with Crippen LogP contribution in [0, 0.1) is 0 Å². The highest BCUT2D eigenvalue weighted by atomic mass is 19.3. The number of carbonyl (C=O) groups is 2. The Balaban J connectivity index is 1.37. The van der Waals surface area contributed by atoms with Crippen molar-refractivity contribution in [2.75, 3.05) is 48.3 Å². The van der Waals surface area contributed by atoms with Gasteiger partial charge in [-0.3, -0.25) is 9.59 Å². The van der Waals surface area contributed by atoms with E-state index in [1.807, 2.05) is 19.1 Å². The summed E-state index contributed by atoms with van der Waals surface area (Å²) in [7, 11) is 1.34. The van der Waals surface area contributed by atoms with Gasteiger partial charge in [0.2, 0.25) is 5.95 Å². The van der Waals surface area contributed by atoms with Gasteiger partial charge in [-0.15, -0.1) is 0 Å². The second kappa shape index (κ2) is 11.6. The number of halogens is 2. The first kappa shape index (κ1) is 28.2. The lowest BCUT2D eigenvalue weighted by Crippen LogP contribution is -2.48. The lowest BCUT2D eigenvalue weighted by molar-refractivity contribution is -0.140.